The first-order chi connectivity index (χ1) is 8.02. The molecule has 1 unspecified atom stereocenters. The lowest BCUT2D eigenvalue weighted by Crippen LogP contribution is -2.27. The van der Waals surface area contributed by atoms with Crippen molar-refractivity contribution in [3.05, 3.63) is 24.3 Å². The number of hydrogen-bond donors (Lipinski definition) is 1. The summed E-state index contributed by atoms with van der Waals surface area (Å²) in [5.41, 5.74) is 0.682. The standard InChI is InChI=1S/C11H13F2NO2S/c1-7(10(15)16-2)14-8-3-5-9(6-4-8)17-11(12)13/h3-7,11,14H,1-2H3. The van der Waals surface area contributed by atoms with Crippen LogP contribution in [0.2, 0.25) is 0 Å². The van der Waals surface area contributed by atoms with E-state index in [0.717, 1.165) is 0 Å². The lowest BCUT2D eigenvalue weighted by atomic mass is 10.2. The Morgan fingerprint density at radius 1 is 1.35 bits per heavy atom. The maximum Gasteiger partial charge on any atom is 0.327 e. The van der Waals surface area contributed by atoms with Crippen molar-refractivity contribution in [1.29, 1.82) is 0 Å². The summed E-state index contributed by atoms with van der Waals surface area (Å²) in [6.07, 6.45) is 0. The van der Waals surface area contributed by atoms with E-state index in [1.165, 1.54) is 7.11 Å². The van der Waals surface area contributed by atoms with E-state index < -0.39 is 11.8 Å². The van der Waals surface area contributed by atoms with E-state index in [4.69, 9.17) is 0 Å². The zero-order valence-corrected chi connectivity index (χ0v) is 10.3. The molecule has 0 saturated carbocycles. The van der Waals surface area contributed by atoms with Crippen molar-refractivity contribution in [3.63, 3.8) is 0 Å². The van der Waals surface area contributed by atoms with E-state index in [1.807, 2.05) is 0 Å². The van der Waals surface area contributed by atoms with E-state index in [2.05, 4.69) is 10.1 Å². The summed E-state index contributed by atoms with van der Waals surface area (Å²) in [6.45, 7) is 1.66. The number of carbonyl (C=O) groups is 1. The SMILES string of the molecule is COC(=O)C(C)Nc1ccc(SC(F)F)cc1. The molecule has 1 aromatic carbocycles. The number of ether oxygens (including phenoxy) is 1. The molecular formula is C11H13F2NO2S. The molecule has 0 spiro atoms. The Morgan fingerprint density at radius 3 is 2.41 bits per heavy atom. The van der Waals surface area contributed by atoms with Crippen molar-refractivity contribution in [2.45, 2.75) is 23.6 Å². The van der Waals surface area contributed by atoms with Gasteiger partial charge in [-0.05, 0) is 31.2 Å². The number of anilines is 1. The van der Waals surface area contributed by atoms with Gasteiger partial charge in [0, 0.05) is 10.6 Å². The zero-order valence-electron chi connectivity index (χ0n) is 9.44. The van der Waals surface area contributed by atoms with Gasteiger partial charge >= 0.3 is 5.97 Å². The largest absolute Gasteiger partial charge is 0.467 e. The summed E-state index contributed by atoms with van der Waals surface area (Å²) in [5.74, 6) is -2.81. The summed E-state index contributed by atoms with van der Waals surface area (Å²) < 4.78 is 28.7. The molecule has 3 nitrogen and oxygen atoms in total. The first-order valence-corrected chi connectivity index (χ1v) is 5.80. The van der Waals surface area contributed by atoms with Gasteiger partial charge in [0.25, 0.3) is 5.76 Å². The van der Waals surface area contributed by atoms with Crippen LogP contribution in [-0.4, -0.2) is 24.9 Å². The molecule has 1 N–H and O–H groups in total. The van der Waals surface area contributed by atoms with E-state index in [0.29, 0.717) is 22.3 Å². The quantitative estimate of drug-likeness (QED) is 0.653. The molecule has 6 heteroatoms. The molecule has 0 fully saturated rings. The highest BCUT2D eigenvalue weighted by molar-refractivity contribution is 7.99. The van der Waals surface area contributed by atoms with Crippen LogP contribution < -0.4 is 5.32 Å². The van der Waals surface area contributed by atoms with Gasteiger partial charge in [-0.15, -0.1) is 0 Å². The number of carbonyl (C=O) groups excluding carboxylic acids is 1. The van der Waals surface area contributed by atoms with Crippen LogP contribution in [0.4, 0.5) is 14.5 Å². The third kappa shape index (κ3) is 4.60. The first kappa shape index (κ1) is 13.8. The van der Waals surface area contributed by atoms with Crippen molar-refractivity contribution < 1.29 is 18.3 Å². The van der Waals surface area contributed by atoms with Crippen LogP contribution >= 0.6 is 11.8 Å². The minimum Gasteiger partial charge on any atom is -0.467 e. The highest BCUT2D eigenvalue weighted by Gasteiger charge is 2.12. The highest BCUT2D eigenvalue weighted by atomic mass is 32.2. The average molecular weight is 261 g/mol. The number of alkyl halides is 2. The Labute approximate surface area is 103 Å². The summed E-state index contributed by atoms with van der Waals surface area (Å²) in [7, 11) is 1.31. The van der Waals surface area contributed by atoms with Crippen LogP contribution in [0, 0.1) is 0 Å². The topological polar surface area (TPSA) is 38.3 Å². The number of nitrogens with one attached hydrogen (secondary N) is 1. The molecule has 0 aliphatic carbocycles. The minimum atomic E-state index is -2.43. The molecule has 1 atom stereocenters. The molecule has 0 aliphatic heterocycles. The Hall–Kier alpha value is -1.30. The smallest absolute Gasteiger partial charge is 0.327 e. The van der Waals surface area contributed by atoms with Crippen LogP contribution in [0.25, 0.3) is 0 Å². The highest BCUT2D eigenvalue weighted by Crippen LogP contribution is 2.26. The van der Waals surface area contributed by atoms with Gasteiger partial charge in [-0.2, -0.15) is 8.78 Å². The molecule has 1 aromatic rings. The molecule has 0 amide bonds. The third-order valence-corrected chi connectivity index (χ3v) is 2.74. The van der Waals surface area contributed by atoms with Gasteiger partial charge in [0.2, 0.25) is 0 Å². The maximum absolute atomic E-state index is 12.1. The van der Waals surface area contributed by atoms with Crippen LogP contribution in [0.1, 0.15) is 6.92 Å². The predicted molar refractivity (Wildman–Crippen MR) is 63.4 cm³/mol. The fraction of sp³-hybridized carbons (Fsp3) is 0.364. The number of hydrogen-bond acceptors (Lipinski definition) is 4. The minimum absolute atomic E-state index is 0.379. The second-order valence-corrected chi connectivity index (χ2v) is 4.36. The van der Waals surface area contributed by atoms with Crippen LogP contribution in [0.5, 0.6) is 0 Å². The van der Waals surface area contributed by atoms with E-state index in [9.17, 15) is 13.6 Å². The predicted octanol–water partition coefficient (Wildman–Crippen LogP) is 2.97. The van der Waals surface area contributed by atoms with Gasteiger partial charge in [0.1, 0.15) is 6.04 Å². The Bertz CT molecular complexity index is 370. The van der Waals surface area contributed by atoms with Crippen molar-refractivity contribution in [2.24, 2.45) is 0 Å². The number of methoxy groups -OCH3 is 1. The van der Waals surface area contributed by atoms with Crippen LogP contribution in [-0.2, 0) is 9.53 Å². The fourth-order valence-corrected chi connectivity index (χ4v) is 1.72. The van der Waals surface area contributed by atoms with Gasteiger partial charge in [0.05, 0.1) is 7.11 Å². The third-order valence-electron chi connectivity index (χ3n) is 2.02. The van der Waals surface area contributed by atoms with Gasteiger partial charge in [-0.25, -0.2) is 4.79 Å². The molecule has 0 aromatic heterocycles. The molecule has 0 aliphatic rings. The summed E-state index contributed by atoms with van der Waals surface area (Å²) >= 11 is 0.484. The van der Waals surface area contributed by atoms with Gasteiger partial charge in [-0.1, -0.05) is 11.8 Å². The number of thioether (sulfide) groups is 1. The van der Waals surface area contributed by atoms with Crippen LogP contribution in [0.15, 0.2) is 29.2 Å². The van der Waals surface area contributed by atoms with Crippen molar-refractivity contribution >= 4 is 23.4 Å². The summed E-state index contributed by atoms with van der Waals surface area (Å²) in [5, 5.41) is 2.90. The Morgan fingerprint density at radius 2 is 1.94 bits per heavy atom. The molecular weight excluding hydrogens is 248 g/mol. The number of benzene rings is 1. The van der Waals surface area contributed by atoms with Crippen molar-refractivity contribution in [1.82, 2.24) is 0 Å². The maximum atomic E-state index is 12.1. The molecule has 17 heavy (non-hydrogen) atoms. The monoisotopic (exact) mass is 261 g/mol. The van der Waals surface area contributed by atoms with Crippen molar-refractivity contribution in [3.8, 4) is 0 Å². The Balaban J connectivity index is 2.59. The van der Waals surface area contributed by atoms with Gasteiger partial charge < -0.3 is 10.1 Å². The van der Waals surface area contributed by atoms with E-state index in [-0.39, 0.29) is 5.97 Å². The molecule has 0 bridgehead atoms. The Kier molecular flexibility index (Phi) is 5.21. The zero-order chi connectivity index (χ0) is 12.8. The summed E-state index contributed by atoms with van der Waals surface area (Å²) in [6, 6.07) is 5.95. The second-order valence-electron chi connectivity index (χ2n) is 3.29. The average Bonchev–Trinajstić information content (AvgIpc) is 2.30. The van der Waals surface area contributed by atoms with Crippen molar-refractivity contribution in [2.75, 3.05) is 12.4 Å². The molecule has 0 heterocycles. The first-order valence-electron chi connectivity index (χ1n) is 4.92. The molecule has 0 saturated heterocycles. The molecule has 94 valence electrons. The second kappa shape index (κ2) is 6.44. The molecule has 0 radical (unpaired) electrons. The van der Waals surface area contributed by atoms with Gasteiger partial charge in [0.15, 0.2) is 0 Å². The number of esters is 1. The fourth-order valence-electron chi connectivity index (χ4n) is 1.22. The summed E-state index contributed by atoms with van der Waals surface area (Å²) in [4.78, 5) is 11.6. The lowest BCUT2D eigenvalue weighted by Gasteiger charge is -2.13. The number of rotatable bonds is 5. The normalized spacial score (nSPS) is 12.3. The molecule has 1 rings (SSSR count). The van der Waals surface area contributed by atoms with Crippen LogP contribution in [0.3, 0.4) is 0 Å². The lowest BCUT2D eigenvalue weighted by molar-refractivity contribution is -0.141. The van der Waals surface area contributed by atoms with E-state index >= 15 is 0 Å². The van der Waals surface area contributed by atoms with Gasteiger partial charge in [-0.3, -0.25) is 0 Å². The van der Waals surface area contributed by atoms with E-state index in [1.54, 1.807) is 31.2 Å². The number of halogens is 2.